The van der Waals surface area contributed by atoms with Crippen LogP contribution < -0.4 is 4.90 Å². The minimum absolute atomic E-state index is 0.101. The number of anilines is 1. The summed E-state index contributed by atoms with van der Waals surface area (Å²) in [6.45, 7) is -0.487. The standard InChI is InChI=1S/C21H19N3O3/c22-12-13-24(17-6-2-1-3-7-17)20(25)15-27-21(26)11-10-16-14-23-19-9-5-4-8-18(16)19/h1-9,14,23H,10-11,13,15H2. The Bertz CT molecular complexity index is 973. The zero-order valence-electron chi connectivity index (χ0n) is 14.7. The van der Waals surface area contributed by atoms with Gasteiger partial charge >= 0.3 is 5.97 Å². The number of carbonyl (C=O) groups excluding carboxylic acids is 2. The van der Waals surface area contributed by atoms with Crippen LogP contribution in [0.15, 0.2) is 60.8 Å². The van der Waals surface area contributed by atoms with E-state index in [-0.39, 0.29) is 19.6 Å². The number of ether oxygens (including phenoxy) is 1. The normalized spacial score (nSPS) is 10.3. The van der Waals surface area contributed by atoms with Gasteiger partial charge in [0.1, 0.15) is 6.54 Å². The molecule has 136 valence electrons. The molecular weight excluding hydrogens is 342 g/mol. The van der Waals surface area contributed by atoms with E-state index in [1.807, 2.05) is 42.6 Å². The molecule has 3 aromatic rings. The summed E-state index contributed by atoms with van der Waals surface area (Å²) in [6, 6.07) is 18.7. The lowest BCUT2D eigenvalue weighted by atomic mass is 10.1. The van der Waals surface area contributed by atoms with E-state index in [1.165, 1.54) is 4.90 Å². The molecule has 0 aliphatic heterocycles. The molecular formula is C21H19N3O3. The fourth-order valence-electron chi connectivity index (χ4n) is 2.87. The number of aromatic nitrogens is 1. The number of hydrogen-bond acceptors (Lipinski definition) is 4. The Labute approximate surface area is 157 Å². The molecule has 0 saturated carbocycles. The van der Waals surface area contributed by atoms with Crippen LogP contribution in [0.3, 0.4) is 0 Å². The number of carbonyl (C=O) groups is 2. The molecule has 0 radical (unpaired) electrons. The molecule has 0 fully saturated rings. The van der Waals surface area contributed by atoms with Crippen molar-refractivity contribution in [2.24, 2.45) is 0 Å². The smallest absolute Gasteiger partial charge is 0.306 e. The van der Waals surface area contributed by atoms with Crippen molar-refractivity contribution in [3.05, 3.63) is 66.4 Å². The van der Waals surface area contributed by atoms with Crippen molar-refractivity contribution >= 4 is 28.5 Å². The Morgan fingerprint density at radius 1 is 1.07 bits per heavy atom. The number of H-pyrrole nitrogens is 1. The minimum atomic E-state index is -0.446. The molecule has 1 amide bonds. The van der Waals surface area contributed by atoms with Gasteiger partial charge in [0.25, 0.3) is 5.91 Å². The molecule has 0 atom stereocenters. The number of aryl methyl sites for hydroxylation is 1. The Balaban J connectivity index is 1.53. The Hall–Kier alpha value is -3.59. The first-order chi connectivity index (χ1) is 13.2. The Morgan fingerprint density at radius 2 is 1.81 bits per heavy atom. The molecule has 27 heavy (non-hydrogen) atoms. The number of nitrogens with one attached hydrogen (secondary N) is 1. The number of para-hydroxylation sites is 2. The van der Waals surface area contributed by atoms with Crippen molar-refractivity contribution in [3.8, 4) is 6.07 Å². The van der Waals surface area contributed by atoms with Gasteiger partial charge in [0.05, 0.1) is 6.07 Å². The Morgan fingerprint density at radius 3 is 2.59 bits per heavy atom. The molecule has 2 aromatic carbocycles. The van der Waals surface area contributed by atoms with Crippen molar-refractivity contribution in [3.63, 3.8) is 0 Å². The van der Waals surface area contributed by atoms with Gasteiger partial charge in [0.2, 0.25) is 0 Å². The predicted octanol–water partition coefficient (Wildman–Crippen LogP) is 3.20. The predicted molar refractivity (Wildman–Crippen MR) is 102 cm³/mol. The molecule has 0 spiro atoms. The maximum Gasteiger partial charge on any atom is 0.306 e. The molecule has 6 heteroatoms. The van der Waals surface area contributed by atoms with E-state index in [2.05, 4.69) is 4.98 Å². The zero-order valence-corrected chi connectivity index (χ0v) is 14.7. The zero-order chi connectivity index (χ0) is 19.1. The third-order valence-corrected chi connectivity index (χ3v) is 4.23. The number of rotatable bonds is 7. The SMILES string of the molecule is N#CCN(C(=O)COC(=O)CCc1c[nH]c2ccccc12)c1ccccc1. The molecule has 0 bridgehead atoms. The van der Waals surface area contributed by atoms with E-state index >= 15 is 0 Å². The Kier molecular flexibility index (Phi) is 5.85. The maximum atomic E-state index is 12.3. The summed E-state index contributed by atoms with van der Waals surface area (Å²) in [5.41, 5.74) is 2.65. The fourth-order valence-corrected chi connectivity index (χ4v) is 2.87. The first kappa shape index (κ1) is 18.2. The van der Waals surface area contributed by atoms with Gasteiger partial charge in [0, 0.05) is 29.2 Å². The lowest BCUT2D eigenvalue weighted by molar-refractivity contribution is -0.147. The number of nitriles is 1. The second kappa shape index (κ2) is 8.68. The number of aromatic amines is 1. The summed E-state index contributed by atoms with van der Waals surface area (Å²) in [5.74, 6) is -0.873. The van der Waals surface area contributed by atoms with Crippen LogP contribution in [0.5, 0.6) is 0 Å². The molecule has 0 aliphatic rings. The largest absolute Gasteiger partial charge is 0.456 e. The third kappa shape index (κ3) is 4.53. The van der Waals surface area contributed by atoms with Crippen molar-refractivity contribution in [2.75, 3.05) is 18.1 Å². The van der Waals surface area contributed by atoms with Crippen molar-refractivity contribution in [1.82, 2.24) is 4.98 Å². The topological polar surface area (TPSA) is 86.2 Å². The third-order valence-electron chi connectivity index (χ3n) is 4.23. The number of esters is 1. The number of fused-ring (bicyclic) bond motifs is 1. The second-order valence-corrected chi connectivity index (χ2v) is 5.99. The number of nitrogens with zero attached hydrogens (tertiary/aromatic N) is 2. The van der Waals surface area contributed by atoms with Gasteiger partial charge in [-0.2, -0.15) is 5.26 Å². The van der Waals surface area contributed by atoms with E-state index in [1.54, 1.807) is 24.3 Å². The average Bonchev–Trinajstić information content (AvgIpc) is 3.12. The van der Waals surface area contributed by atoms with Gasteiger partial charge in [-0.25, -0.2) is 0 Å². The van der Waals surface area contributed by atoms with Gasteiger partial charge in [0.15, 0.2) is 6.61 Å². The molecule has 0 aliphatic carbocycles. The highest BCUT2D eigenvalue weighted by atomic mass is 16.5. The van der Waals surface area contributed by atoms with Crippen molar-refractivity contribution in [1.29, 1.82) is 5.26 Å². The van der Waals surface area contributed by atoms with Crippen LogP contribution in [0.25, 0.3) is 10.9 Å². The van der Waals surface area contributed by atoms with Gasteiger partial charge in [-0.1, -0.05) is 36.4 Å². The number of hydrogen-bond donors (Lipinski definition) is 1. The van der Waals surface area contributed by atoms with Crippen molar-refractivity contribution in [2.45, 2.75) is 12.8 Å². The molecule has 1 heterocycles. The van der Waals surface area contributed by atoms with E-state index in [9.17, 15) is 9.59 Å². The monoisotopic (exact) mass is 361 g/mol. The first-order valence-electron chi connectivity index (χ1n) is 8.62. The van der Waals surface area contributed by atoms with Gasteiger partial charge in [-0.3, -0.25) is 14.5 Å². The summed E-state index contributed by atoms with van der Waals surface area (Å²) in [5, 5.41) is 10.0. The molecule has 1 N–H and O–H groups in total. The fraction of sp³-hybridized carbons (Fsp3) is 0.190. The molecule has 0 saturated heterocycles. The van der Waals surface area contributed by atoms with Gasteiger partial charge in [-0.15, -0.1) is 0 Å². The highest BCUT2D eigenvalue weighted by molar-refractivity contribution is 5.95. The van der Waals surface area contributed by atoms with Crippen LogP contribution in [0, 0.1) is 11.3 Å². The highest BCUT2D eigenvalue weighted by Gasteiger charge is 2.17. The van der Waals surface area contributed by atoms with Crippen molar-refractivity contribution < 1.29 is 14.3 Å². The summed E-state index contributed by atoms with van der Waals surface area (Å²) < 4.78 is 5.11. The summed E-state index contributed by atoms with van der Waals surface area (Å²) >= 11 is 0. The maximum absolute atomic E-state index is 12.3. The van der Waals surface area contributed by atoms with E-state index in [4.69, 9.17) is 10.00 Å². The summed E-state index contributed by atoms with van der Waals surface area (Å²) in [6.07, 6.45) is 2.59. The number of benzene rings is 2. The van der Waals surface area contributed by atoms with Gasteiger partial charge in [-0.05, 0) is 30.2 Å². The summed E-state index contributed by atoms with van der Waals surface area (Å²) in [4.78, 5) is 28.8. The van der Waals surface area contributed by atoms with E-state index in [0.717, 1.165) is 16.5 Å². The summed E-state index contributed by atoms with van der Waals surface area (Å²) in [7, 11) is 0. The van der Waals surface area contributed by atoms with Crippen LogP contribution in [-0.2, 0) is 20.7 Å². The molecule has 1 aromatic heterocycles. The van der Waals surface area contributed by atoms with E-state index in [0.29, 0.717) is 12.1 Å². The quantitative estimate of drug-likeness (QED) is 0.517. The lowest BCUT2D eigenvalue weighted by Crippen LogP contribution is -2.35. The second-order valence-electron chi connectivity index (χ2n) is 5.99. The van der Waals surface area contributed by atoms with Crippen LogP contribution in [0.1, 0.15) is 12.0 Å². The molecule has 6 nitrogen and oxygen atoms in total. The minimum Gasteiger partial charge on any atom is -0.456 e. The van der Waals surface area contributed by atoms with Gasteiger partial charge < -0.3 is 9.72 Å². The molecule has 0 unspecified atom stereocenters. The number of amides is 1. The van der Waals surface area contributed by atoms with Crippen LogP contribution in [-0.4, -0.2) is 30.0 Å². The van der Waals surface area contributed by atoms with Crippen LogP contribution in [0.4, 0.5) is 5.69 Å². The van der Waals surface area contributed by atoms with E-state index < -0.39 is 11.9 Å². The average molecular weight is 361 g/mol. The lowest BCUT2D eigenvalue weighted by Gasteiger charge is -2.19. The highest BCUT2D eigenvalue weighted by Crippen LogP contribution is 2.19. The van der Waals surface area contributed by atoms with Crippen LogP contribution in [0.2, 0.25) is 0 Å². The van der Waals surface area contributed by atoms with Crippen LogP contribution >= 0.6 is 0 Å². The first-order valence-corrected chi connectivity index (χ1v) is 8.62. The molecule has 3 rings (SSSR count).